The maximum Gasteiger partial charge on any atom is 0.410 e. The van der Waals surface area contributed by atoms with E-state index in [2.05, 4.69) is 24.1 Å². The lowest BCUT2D eigenvalue weighted by molar-refractivity contribution is 0.0214. The summed E-state index contributed by atoms with van der Waals surface area (Å²) in [5.41, 5.74) is -0.418. The third-order valence-corrected chi connectivity index (χ3v) is 4.93. The summed E-state index contributed by atoms with van der Waals surface area (Å²) in [6, 6.07) is 1.21. The van der Waals surface area contributed by atoms with Crippen LogP contribution in [-0.4, -0.2) is 65.8 Å². The van der Waals surface area contributed by atoms with E-state index in [1.54, 1.807) is 0 Å². The number of likely N-dealkylation sites (tertiary alicyclic amines) is 2. The minimum absolute atomic E-state index is 0.151. The Labute approximate surface area is 148 Å². The molecule has 1 amide bonds. The maximum atomic E-state index is 12.4. The fraction of sp³-hybridized carbons (Fsp3) is 0.947. The Kier molecular flexibility index (Phi) is 6.93. The average Bonchev–Trinajstić information content (AvgIpc) is 3.07. The molecule has 5 nitrogen and oxygen atoms in total. The van der Waals surface area contributed by atoms with Gasteiger partial charge >= 0.3 is 6.09 Å². The molecule has 0 aromatic rings. The maximum absolute atomic E-state index is 12.4. The molecule has 2 heterocycles. The molecule has 0 bridgehead atoms. The van der Waals surface area contributed by atoms with Crippen LogP contribution in [0.1, 0.15) is 66.7 Å². The summed E-state index contributed by atoms with van der Waals surface area (Å²) < 4.78 is 5.56. The second-order valence-corrected chi connectivity index (χ2v) is 8.68. The first-order valence-electron chi connectivity index (χ1n) is 9.72. The van der Waals surface area contributed by atoms with Gasteiger partial charge in [-0.3, -0.25) is 0 Å². The van der Waals surface area contributed by atoms with Crippen LogP contribution in [0.3, 0.4) is 0 Å². The third-order valence-electron chi connectivity index (χ3n) is 4.93. The molecule has 1 N–H and O–H groups in total. The number of carbonyl (C=O) groups excluding carboxylic acids is 1. The molecule has 2 fully saturated rings. The topological polar surface area (TPSA) is 44.8 Å². The van der Waals surface area contributed by atoms with Gasteiger partial charge in [-0.1, -0.05) is 0 Å². The minimum atomic E-state index is -0.418. The highest BCUT2D eigenvalue weighted by atomic mass is 16.6. The van der Waals surface area contributed by atoms with E-state index in [0.717, 1.165) is 32.4 Å². The van der Waals surface area contributed by atoms with Crippen molar-refractivity contribution in [3.8, 4) is 0 Å². The van der Waals surface area contributed by atoms with Crippen molar-refractivity contribution >= 4 is 6.09 Å². The molecule has 3 unspecified atom stereocenters. The van der Waals surface area contributed by atoms with Gasteiger partial charge in [0, 0.05) is 31.2 Å². The van der Waals surface area contributed by atoms with Gasteiger partial charge in [0.25, 0.3) is 0 Å². The molecule has 24 heavy (non-hydrogen) atoms. The Hall–Kier alpha value is -0.810. The van der Waals surface area contributed by atoms with E-state index in [1.807, 2.05) is 25.7 Å². The molecular weight excluding hydrogens is 302 g/mol. The Morgan fingerprint density at radius 2 is 1.79 bits per heavy atom. The van der Waals surface area contributed by atoms with Crippen LogP contribution in [0.4, 0.5) is 4.79 Å². The van der Waals surface area contributed by atoms with Crippen molar-refractivity contribution in [2.75, 3.05) is 26.2 Å². The highest BCUT2D eigenvalue weighted by Gasteiger charge is 2.33. The van der Waals surface area contributed by atoms with Crippen LogP contribution < -0.4 is 5.32 Å². The first kappa shape index (κ1) is 19.5. The van der Waals surface area contributed by atoms with E-state index < -0.39 is 5.60 Å². The summed E-state index contributed by atoms with van der Waals surface area (Å²) in [7, 11) is 0. The molecule has 2 rings (SSSR count). The first-order chi connectivity index (χ1) is 11.2. The van der Waals surface area contributed by atoms with Gasteiger partial charge in [0.2, 0.25) is 0 Å². The Bertz CT molecular complexity index is 402. The highest BCUT2D eigenvalue weighted by molar-refractivity contribution is 5.68. The van der Waals surface area contributed by atoms with Crippen LogP contribution >= 0.6 is 0 Å². The van der Waals surface area contributed by atoms with Crippen LogP contribution in [0.25, 0.3) is 0 Å². The van der Waals surface area contributed by atoms with Crippen LogP contribution in [0.2, 0.25) is 0 Å². The number of hydrogen-bond donors (Lipinski definition) is 1. The summed E-state index contributed by atoms with van der Waals surface area (Å²) in [4.78, 5) is 16.9. The lowest BCUT2D eigenvalue weighted by Gasteiger charge is -2.31. The predicted octanol–water partition coefficient (Wildman–Crippen LogP) is 3.24. The van der Waals surface area contributed by atoms with Gasteiger partial charge < -0.3 is 19.9 Å². The second kappa shape index (κ2) is 8.52. The van der Waals surface area contributed by atoms with Gasteiger partial charge in [0.15, 0.2) is 0 Å². The zero-order chi connectivity index (χ0) is 17.7. The molecule has 2 aliphatic heterocycles. The van der Waals surface area contributed by atoms with E-state index in [4.69, 9.17) is 4.74 Å². The monoisotopic (exact) mass is 339 g/mol. The molecule has 5 heteroatoms. The number of amides is 1. The molecule has 0 aromatic carbocycles. The van der Waals surface area contributed by atoms with Crippen LogP contribution in [-0.2, 0) is 4.74 Å². The van der Waals surface area contributed by atoms with Crippen molar-refractivity contribution < 1.29 is 9.53 Å². The molecule has 0 aliphatic carbocycles. The van der Waals surface area contributed by atoms with E-state index in [9.17, 15) is 4.79 Å². The fourth-order valence-electron chi connectivity index (χ4n) is 4.01. The number of nitrogens with one attached hydrogen (secondary N) is 1. The molecule has 2 saturated heterocycles. The van der Waals surface area contributed by atoms with E-state index in [0.29, 0.717) is 18.1 Å². The van der Waals surface area contributed by atoms with Gasteiger partial charge in [-0.25, -0.2) is 4.79 Å². The van der Waals surface area contributed by atoms with Gasteiger partial charge in [0.1, 0.15) is 5.60 Å². The largest absolute Gasteiger partial charge is 0.444 e. The second-order valence-electron chi connectivity index (χ2n) is 8.68. The summed E-state index contributed by atoms with van der Waals surface area (Å²) in [6.45, 7) is 14.8. The summed E-state index contributed by atoms with van der Waals surface area (Å²) in [5.74, 6) is 0. The number of hydrogen-bond acceptors (Lipinski definition) is 4. The van der Waals surface area contributed by atoms with Crippen molar-refractivity contribution in [3.63, 3.8) is 0 Å². The summed E-state index contributed by atoms with van der Waals surface area (Å²) >= 11 is 0. The SMILES string of the molecule is CC(CC1CCCN1C(=O)OC(C)(C)C)NC(C)CN1CCCC1. The van der Waals surface area contributed by atoms with Crippen LogP contribution in [0.15, 0.2) is 0 Å². The number of rotatable bonds is 6. The molecule has 0 aromatic heterocycles. The van der Waals surface area contributed by atoms with Gasteiger partial charge in [0.05, 0.1) is 0 Å². The predicted molar refractivity (Wildman–Crippen MR) is 98.3 cm³/mol. The lowest BCUT2D eigenvalue weighted by atomic mass is 10.1. The summed E-state index contributed by atoms with van der Waals surface area (Å²) in [6.07, 6.45) is 5.71. The number of carbonyl (C=O) groups is 1. The first-order valence-corrected chi connectivity index (χ1v) is 9.72. The van der Waals surface area contributed by atoms with E-state index in [1.165, 1.54) is 25.9 Å². The van der Waals surface area contributed by atoms with Gasteiger partial charge in [-0.05, 0) is 79.8 Å². The third kappa shape index (κ3) is 6.25. The van der Waals surface area contributed by atoms with E-state index in [-0.39, 0.29) is 6.09 Å². The zero-order valence-electron chi connectivity index (χ0n) is 16.3. The van der Waals surface area contributed by atoms with Crippen molar-refractivity contribution in [2.24, 2.45) is 0 Å². The van der Waals surface area contributed by atoms with Crippen molar-refractivity contribution in [3.05, 3.63) is 0 Å². The lowest BCUT2D eigenvalue weighted by Crippen LogP contribution is -2.46. The molecule has 0 radical (unpaired) electrons. The molecule has 3 atom stereocenters. The summed E-state index contributed by atoms with van der Waals surface area (Å²) in [5, 5.41) is 3.72. The van der Waals surface area contributed by atoms with Crippen molar-refractivity contribution in [1.29, 1.82) is 0 Å². The molecule has 0 saturated carbocycles. The molecule has 140 valence electrons. The van der Waals surface area contributed by atoms with Gasteiger partial charge in [-0.2, -0.15) is 0 Å². The zero-order valence-corrected chi connectivity index (χ0v) is 16.3. The Balaban J connectivity index is 1.76. The number of ether oxygens (including phenoxy) is 1. The molecular formula is C19H37N3O2. The number of nitrogens with zero attached hydrogens (tertiary/aromatic N) is 2. The normalized spacial score (nSPS) is 25.0. The minimum Gasteiger partial charge on any atom is -0.444 e. The molecule has 2 aliphatic rings. The van der Waals surface area contributed by atoms with Gasteiger partial charge in [-0.15, -0.1) is 0 Å². The molecule has 0 spiro atoms. The fourth-order valence-corrected chi connectivity index (χ4v) is 4.01. The van der Waals surface area contributed by atoms with E-state index >= 15 is 0 Å². The quantitative estimate of drug-likeness (QED) is 0.807. The smallest absolute Gasteiger partial charge is 0.410 e. The Morgan fingerprint density at radius 1 is 1.12 bits per heavy atom. The standard InChI is InChI=1S/C19H37N3O2/c1-15(20-16(2)14-21-10-6-7-11-21)13-17-9-8-12-22(17)18(23)24-19(3,4)5/h15-17,20H,6-14H2,1-5H3. The van der Waals surface area contributed by atoms with Crippen LogP contribution in [0, 0.1) is 0 Å². The highest BCUT2D eigenvalue weighted by Crippen LogP contribution is 2.24. The average molecular weight is 340 g/mol. The van der Waals surface area contributed by atoms with Crippen molar-refractivity contribution in [1.82, 2.24) is 15.1 Å². The Morgan fingerprint density at radius 3 is 2.42 bits per heavy atom. The van der Waals surface area contributed by atoms with Crippen molar-refractivity contribution in [2.45, 2.75) is 90.4 Å². The van der Waals surface area contributed by atoms with Crippen LogP contribution in [0.5, 0.6) is 0 Å².